The van der Waals surface area contributed by atoms with Gasteiger partial charge in [-0.05, 0) is 79.6 Å². The van der Waals surface area contributed by atoms with E-state index in [0.717, 1.165) is 16.8 Å². The molecule has 144 valence electrons. The smallest absolute Gasteiger partial charge is 0.335 e. The number of nitriles is 1. The molecule has 3 aromatic rings. The van der Waals surface area contributed by atoms with Crippen molar-refractivity contribution in [3.8, 4) is 11.8 Å². The van der Waals surface area contributed by atoms with E-state index in [4.69, 9.17) is 5.11 Å². The van der Waals surface area contributed by atoms with E-state index in [9.17, 15) is 14.9 Å². The summed E-state index contributed by atoms with van der Waals surface area (Å²) in [7, 11) is 0. The number of carboxylic acids is 1. The topological polar surface area (TPSA) is 95.1 Å². The second-order valence-corrected chi connectivity index (χ2v) is 6.66. The molecule has 1 heterocycles. The van der Waals surface area contributed by atoms with Gasteiger partial charge in [0, 0.05) is 23.3 Å². The molecule has 6 heteroatoms. The molecule has 2 N–H and O–H groups in total. The van der Waals surface area contributed by atoms with Gasteiger partial charge in [-0.3, -0.25) is 4.79 Å². The molecule has 0 radical (unpaired) electrons. The third-order valence-corrected chi connectivity index (χ3v) is 4.31. The third kappa shape index (κ3) is 4.60. The lowest BCUT2D eigenvalue weighted by Crippen LogP contribution is -2.14. The van der Waals surface area contributed by atoms with Gasteiger partial charge in [-0.1, -0.05) is 6.07 Å². The van der Waals surface area contributed by atoms with E-state index >= 15 is 0 Å². The van der Waals surface area contributed by atoms with Crippen molar-refractivity contribution in [1.82, 2.24) is 4.57 Å². The second-order valence-electron chi connectivity index (χ2n) is 6.66. The van der Waals surface area contributed by atoms with Crippen LogP contribution >= 0.6 is 0 Å². The van der Waals surface area contributed by atoms with Gasteiger partial charge in [0.05, 0.1) is 5.56 Å². The lowest BCUT2D eigenvalue weighted by atomic mass is 10.1. The van der Waals surface area contributed by atoms with Gasteiger partial charge in [0.15, 0.2) is 0 Å². The summed E-state index contributed by atoms with van der Waals surface area (Å²) < 4.78 is 1.77. The Morgan fingerprint density at radius 1 is 1.07 bits per heavy atom. The maximum atomic E-state index is 12.6. The molecule has 0 aliphatic carbocycles. The van der Waals surface area contributed by atoms with Gasteiger partial charge in [-0.2, -0.15) is 5.26 Å². The number of nitrogens with zero attached hydrogens (tertiary/aromatic N) is 2. The minimum Gasteiger partial charge on any atom is -0.478 e. The highest BCUT2D eigenvalue weighted by Gasteiger charge is 2.12. The van der Waals surface area contributed by atoms with Crippen LogP contribution in [-0.2, 0) is 4.79 Å². The van der Waals surface area contributed by atoms with Crippen LogP contribution in [0.2, 0.25) is 0 Å². The summed E-state index contributed by atoms with van der Waals surface area (Å²) in [5.74, 6) is -1.49. The number of aryl methyl sites for hydroxylation is 2. The fourth-order valence-electron chi connectivity index (χ4n) is 3.05. The number of carboxylic acid groups (broad SMARTS) is 1. The first-order valence-corrected chi connectivity index (χ1v) is 8.90. The molecule has 0 spiro atoms. The Morgan fingerprint density at radius 2 is 1.72 bits per heavy atom. The van der Waals surface area contributed by atoms with Crippen molar-refractivity contribution in [3.63, 3.8) is 0 Å². The number of aromatic carboxylic acids is 1. The van der Waals surface area contributed by atoms with Gasteiger partial charge < -0.3 is 15.0 Å². The van der Waals surface area contributed by atoms with Gasteiger partial charge in [0.25, 0.3) is 5.91 Å². The summed E-state index contributed by atoms with van der Waals surface area (Å²) in [6, 6.07) is 17.5. The molecule has 0 atom stereocenters. The predicted molar refractivity (Wildman–Crippen MR) is 111 cm³/mol. The highest BCUT2D eigenvalue weighted by atomic mass is 16.4. The normalized spacial score (nSPS) is 11.0. The number of hydrogen-bond donors (Lipinski definition) is 2. The van der Waals surface area contributed by atoms with Gasteiger partial charge in [-0.25, -0.2) is 4.79 Å². The third-order valence-electron chi connectivity index (χ3n) is 4.31. The van der Waals surface area contributed by atoms with Crippen molar-refractivity contribution in [3.05, 3.63) is 88.8 Å². The zero-order valence-corrected chi connectivity index (χ0v) is 16.0. The molecule has 1 aromatic heterocycles. The molecular weight excluding hydrogens is 366 g/mol. The van der Waals surface area contributed by atoms with Gasteiger partial charge in [-0.15, -0.1) is 0 Å². The van der Waals surface area contributed by atoms with Crippen LogP contribution in [0.4, 0.5) is 5.69 Å². The molecule has 0 saturated heterocycles. The van der Waals surface area contributed by atoms with E-state index in [0.29, 0.717) is 11.4 Å². The van der Waals surface area contributed by atoms with Crippen LogP contribution in [0.15, 0.2) is 66.4 Å². The highest BCUT2D eigenvalue weighted by molar-refractivity contribution is 6.09. The summed E-state index contributed by atoms with van der Waals surface area (Å²) >= 11 is 0. The molecular formula is C23H19N3O3. The molecule has 0 bridgehead atoms. The second kappa shape index (κ2) is 8.28. The number of carbonyl (C=O) groups is 2. The van der Waals surface area contributed by atoms with Crippen LogP contribution in [-0.4, -0.2) is 21.6 Å². The monoisotopic (exact) mass is 385 g/mol. The van der Waals surface area contributed by atoms with Crippen molar-refractivity contribution in [2.24, 2.45) is 0 Å². The Hall–Kier alpha value is -4.11. The first-order chi connectivity index (χ1) is 13.9. The highest BCUT2D eigenvalue weighted by Crippen LogP contribution is 2.18. The SMILES string of the molecule is Cc1cc(C)cc(NC(=O)/C(C#N)=C\c2cccn2-c2ccc(C(=O)O)cc2)c1. The van der Waals surface area contributed by atoms with Crippen LogP contribution in [0.1, 0.15) is 27.2 Å². The largest absolute Gasteiger partial charge is 0.478 e. The van der Waals surface area contributed by atoms with Crippen LogP contribution < -0.4 is 5.32 Å². The zero-order chi connectivity index (χ0) is 21.0. The average Bonchev–Trinajstić information content (AvgIpc) is 3.13. The van der Waals surface area contributed by atoms with Crippen LogP contribution in [0.25, 0.3) is 11.8 Å². The van der Waals surface area contributed by atoms with E-state index in [2.05, 4.69) is 5.32 Å². The molecule has 29 heavy (non-hydrogen) atoms. The predicted octanol–water partition coefficient (Wildman–Crippen LogP) is 4.34. The van der Waals surface area contributed by atoms with Crippen molar-refractivity contribution in [2.45, 2.75) is 13.8 Å². The molecule has 0 unspecified atom stereocenters. The number of amides is 1. The minimum atomic E-state index is -1.00. The summed E-state index contributed by atoms with van der Waals surface area (Å²) in [5.41, 5.74) is 4.16. The van der Waals surface area contributed by atoms with Gasteiger partial charge in [0.2, 0.25) is 0 Å². The van der Waals surface area contributed by atoms with Crippen LogP contribution in [0.3, 0.4) is 0 Å². The van der Waals surface area contributed by atoms with E-state index in [1.165, 1.54) is 18.2 Å². The molecule has 0 saturated carbocycles. The van der Waals surface area contributed by atoms with E-state index in [1.54, 1.807) is 35.0 Å². The minimum absolute atomic E-state index is 0.0359. The van der Waals surface area contributed by atoms with Crippen LogP contribution in [0.5, 0.6) is 0 Å². The molecule has 1 amide bonds. The lowest BCUT2D eigenvalue weighted by molar-refractivity contribution is -0.112. The molecule has 3 rings (SSSR count). The van der Waals surface area contributed by atoms with Crippen LogP contribution in [0, 0.1) is 25.2 Å². The zero-order valence-electron chi connectivity index (χ0n) is 16.0. The number of hydrogen-bond acceptors (Lipinski definition) is 3. The number of anilines is 1. The number of nitrogens with one attached hydrogen (secondary N) is 1. The standard InChI is InChI=1S/C23H19N3O3/c1-15-10-16(2)12-19(11-15)25-22(27)18(14-24)13-21-4-3-9-26(21)20-7-5-17(6-8-20)23(28)29/h3-13H,1-2H3,(H,25,27)(H,28,29)/b18-13-. The van der Waals surface area contributed by atoms with Crippen molar-refractivity contribution < 1.29 is 14.7 Å². The number of rotatable bonds is 5. The Balaban J connectivity index is 1.88. The van der Waals surface area contributed by atoms with E-state index < -0.39 is 11.9 Å². The van der Waals surface area contributed by atoms with Crippen molar-refractivity contribution >= 4 is 23.6 Å². The fourth-order valence-corrected chi connectivity index (χ4v) is 3.05. The molecule has 6 nitrogen and oxygen atoms in total. The average molecular weight is 385 g/mol. The first kappa shape index (κ1) is 19.6. The maximum absolute atomic E-state index is 12.6. The Labute approximate surface area is 168 Å². The first-order valence-electron chi connectivity index (χ1n) is 8.90. The quantitative estimate of drug-likeness (QED) is 0.504. The van der Waals surface area contributed by atoms with Crippen molar-refractivity contribution in [1.29, 1.82) is 5.26 Å². The Kier molecular flexibility index (Phi) is 5.61. The number of aromatic nitrogens is 1. The molecule has 0 fully saturated rings. The number of benzene rings is 2. The maximum Gasteiger partial charge on any atom is 0.335 e. The van der Waals surface area contributed by atoms with E-state index in [-0.39, 0.29) is 11.1 Å². The summed E-state index contributed by atoms with van der Waals surface area (Å²) in [5, 5.41) is 21.3. The number of carbonyl (C=O) groups excluding carboxylic acids is 1. The summed E-state index contributed by atoms with van der Waals surface area (Å²) in [4.78, 5) is 23.6. The fraction of sp³-hybridized carbons (Fsp3) is 0.0870. The van der Waals surface area contributed by atoms with Crippen molar-refractivity contribution in [2.75, 3.05) is 5.32 Å². The summed E-state index contributed by atoms with van der Waals surface area (Å²) in [6.45, 7) is 3.87. The molecule has 2 aromatic carbocycles. The lowest BCUT2D eigenvalue weighted by Gasteiger charge is -2.09. The summed E-state index contributed by atoms with van der Waals surface area (Å²) in [6.07, 6.45) is 3.28. The Morgan fingerprint density at radius 3 is 2.31 bits per heavy atom. The van der Waals surface area contributed by atoms with E-state index in [1.807, 2.05) is 38.1 Å². The van der Waals surface area contributed by atoms with Gasteiger partial charge >= 0.3 is 5.97 Å². The molecule has 0 aliphatic heterocycles. The van der Waals surface area contributed by atoms with Gasteiger partial charge in [0.1, 0.15) is 11.6 Å². The molecule has 0 aliphatic rings. The Bertz CT molecular complexity index is 1130.